The quantitative estimate of drug-likeness (QED) is 0.736. The van der Waals surface area contributed by atoms with E-state index in [4.69, 9.17) is 4.74 Å². The number of hydrogen-bond acceptors (Lipinski definition) is 3. The van der Waals surface area contributed by atoms with Crippen LogP contribution < -0.4 is 0 Å². The van der Waals surface area contributed by atoms with Gasteiger partial charge >= 0.3 is 0 Å². The summed E-state index contributed by atoms with van der Waals surface area (Å²) in [6, 6.07) is 10.1. The summed E-state index contributed by atoms with van der Waals surface area (Å²) in [5, 5.41) is 1.06. The molecule has 1 atom stereocenters. The highest BCUT2D eigenvalue weighted by Gasteiger charge is 2.12. The third-order valence-corrected chi connectivity index (χ3v) is 3.41. The number of rotatable bonds is 4. The van der Waals surface area contributed by atoms with E-state index in [9.17, 15) is 4.79 Å². The van der Waals surface area contributed by atoms with E-state index in [0.29, 0.717) is 6.47 Å². The van der Waals surface area contributed by atoms with E-state index in [0.717, 1.165) is 27.6 Å². The number of carbonyl (C=O) groups excluding carboxylic acids is 1. The maximum atomic E-state index is 10.5. The van der Waals surface area contributed by atoms with Gasteiger partial charge in [-0.05, 0) is 30.7 Å². The van der Waals surface area contributed by atoms with Crippen molar-refractivity contribution in [1.29, 1.82) is 0 Å². The zero-order chi connectivity index (χ0) is 13.9. The first-order valence-corrected chi connectivity index (χ1v) is 6.40. The van der Waals surface area contributed by atoms with Crippen molar-refractivity contribution >= 4 is 17.4 Å². The molecule has 100 valence electrons. The van der Waals surface area contributed by atoms with Gasteiger partial charge in [-0.1, -0.05) is 12.1 Å². The van der Waals surface area contributed by atoms with Gasteiger partial charge < -0.3 is 9.72 Å². The first-order chi connectivity index (χ1) is 9.79. The molecule has 20 heavy (non-hydrogen) atoms. The van der Waals surface area contributed by atoms with Crippen LogP contribution in [0.4, 0.5) is 0 Å². The summed E-state index contributed by atoms with van der Waals surface area (Å²) >= 11 is 0. The van der Waals surface area contributed by atoms with Crippen molar-refractivity contribution in [2.24, 2.45) is 0 Å². The maximum Gasteiger partial charge on any atom is 0.293 e. The van der Waals surface area contributed by atoms with Crippen LogP contribution in [0.5, 0.6) is 0 Å². The number of pyridine rings is 1. The SMILES string of the molecule is CC(OC=O)c1c[nH]c2ccc(-c3cccnc3)cc12. The fourth-order valence-electron chi connectivity index (χ4n) is 2.35. The van der Waals surface area contributed by atoms with E-state index in [1.165, 1.54) is 0 Å². The van der Waals surface area contributed by atoms with Gasteiger partial charge in [0.05, 0.1) is 0 Å². The standard InChI is InChI=1S/C16H14N2O2/c1-11(20-10-19)15-9-18-16-5-4-12(7-14(15)16)13-3-2-6-17-8-13/h2-11,18H,1H3. The number of nitrogens with one attached hydrogen (secondary N) is 1. The Balaban J connectivity index is 2.10. The Labute approximate surface area is 116 Å². The number of hydrogen-bond donors (Lipinski definition) is 1. The minimum Gasteiger partial charge on any atom is -0.460 e. The molecule has 0 aliphatic heterocycles. The number of fused-ring (bicyclic) bond motifs is 1. The second kappa shape index (κ2) is 5.17. The number of aromatic nitrogens is 2. The Hall–Kier alpha value is -2.62. The summed E-state index contributed by atoms with van der Waals surface area (Å²) in [6.07, 6.45) is 5.19. The first-order valence-electron chi connectivity index (χ1n) is 6.40. The Morgan fingerprint density at radius 1 is 1.30 bits per heavy atom. The van der Waals surface area contributed by atoms with Crippen LogP contribution in [0.15, 0.2) is 48.9 Å². The van der Waals surface area contributed by atoms with Crippen molar-refractivity contribution in [3.63, 3.8) is 0 Å². The van der Waals surface area contributed by atoms with Crippen LogP contribution in [0, 0.1) is 0 Å². The van der Waals surface area contributed by atoms with E-state index in [-0.39, 0.29) is 6.10 Å². The summed E-state index contributed by atoms with van der Waals surface area (Å²) < 4.78 is 5.03. The second-order valence-electron chi connectivity index (χ2n) is 4.62. The van der Waals surface area contributed by atoms with Crippen LogP contribution in [0.2, 0.25) is 0 Å². The molecule has 4 nitrogen and oxygen atoms in total. The molecule has 0 radical (unpaired) electrons. The molecule has 4 heteroatoms. The predicted molar refractivity (Wildman–Crippen MR) is 77.1 cm³/mol. The van der Waals surface area contributed by atoms with E-state index < -0.39 is 0 Å². The summed E-state index contributed by atoms with van der Waals surface area (Å²) in [6.45, 7) is 2.34. The number of nitrogens with zero attached hydrogens (tertiary/aromatic N) is 1. The summed E-state index contributed by atoms with van der Waals surface area (Å²) in [7, 11) is 0. The lowest BCUT2D eigenvalue weighted by Crippen LogP contribution is -1.96. The van der Waals surface area contributed by atoms with Crippen molar-refractivity contribution in [2.45, 2.75) is 13.0 Å². The molecule has 0 saturated carbocycles. The lowest BCUT2D eigenvalue weighted by Gasteiger charge is -2.08. The molecule has 1 aromatic carbocycles. The van der Waals surface area contributed by atoms with Gasteiger partial charge in [0.25, 0.3) is 6.47 Å². The molecular weight excluding hydrogens is 252 g/mol. The molecule has 3 aromatic rings. The predicted octanol–water partition coefficient (Wildman–Crippen LogP) is 3.46. The average Bonchev–Trinajstić information content (AvgIpc) is 2.91. The van der Waals surface area contributed by atoms with Gasteiger partial charge in [0.15, 0.2) is 0 Å². The highest BCUT2D eigenvalue weighted by atomic mass is 16.5. The van der Waals surface area contributed by atoms with Crippen molar-refractivity contribution in [1.82, 2.24) is 9.97 Å². The molecule has 0 aliphatic rings. The Morgan fingerprint density at radius 2 is 2.20 bits per heavy atom. The van der Waals surface area contributed by atoms with Crippen LogP contribution in [-0.4, -0.2) is 16.4 Å². The largest absolute Gasteiger partial charge is 0.460 e. The summed E-state index contributed by atoms with van der Waals surface area (Å²) in [4.78, 5) is 17.8. The minimum absolute atomic E-state index is 0.273. The van der Waals surface area contributed by atoms with E-state index >= 15 is 0 Å². The number of benzene rings is 1. The van der Waals surface area contributed by atoms with Gasteiger partial charge in [-0.15, -0.1) is 0 Å². The topological polar surface area (TPSA) is 55.0 Å². The number of carbonyl (C=O) groups is 1. The number of H-pyrrole nitrogens is 1. The smallest absolute Gasteiger partial charge is 0.293 e. The van der Waals surface area contributed by atoms with Gasteiger partial charge in [-0.3, -0.25) is 9.78 Å². The molecule has 0 aliphatic carbocycles. The molecule has 0 spiro atoms. The Bertz CT molecular complexity index is 735. The van der Waals surface area contributed by atoms with E-state index in [2.05, 4.69) is 16.0 Å². The second-order valence-corrected chi connectivity index (χ2v) is 4.62. The number of ether oxygens (including phenoxy) is 1. The fourth-order valence-corrected chi connectivity index (χ4v) is 2.35. The van der Waals surface area contributed by atoms with Gasteiger partial charge in [-0.2, -0.15) is 0 Å². The lowest BCUT2D eigenvalue weighted by molar-refractivity contribution is -0.133. The van der Waals surface area contributed by atoms with Gasteiger partial charge in [0, 0.05) is 40.6 Å². The third-order valence-electron chi connectivity index (χ3n) is 3.41. The van der Waals surface area contributed by atoms with E-state index in [1.807, 2.05) is 43.6 Å². The van der Waals surface area contributed by atoms with Gasteiger partial charge in [0.1, 0.15) is 6.10 Å². The average molecular weight is 266 g/mol. The molecule has 0 amide bonds. The van der Waals surface area contributed by atoms with E-state index in [1.54, 1.807) is 6.20 Å². The number of aromatic amines is 1. The van der Waals surface area contributed by atoms with Gasteiger partial charge in [-0.25, -0.2) is 0 Å². The fraction of sp³-hybridized carbons (Fsp3) is 0.125. The Morgan fingerprint density at radius 3 is 2.95 bits per heavy atom. The van der Waals surface area contributed by atoms with Crippen LogP contribution in [0.1, 0.15) is 18.6 Å². The monoisotopic (exact) mass is 266 g/mol. The highest BCUT2D eigenvalue weighted by Crippen LogP contribution is 2.29. The van der Waals surface area contributed by atoms with Crippen LogP contribution in [-0.2, 0) is 9.53 Å². The minimum atomic E-state index is -0.273. The lowest BCUT2D eigenvalue weighted by atomic mass is 10.0. The van der Waals surface area contributed by atoms with Crippen molar-refractivity contribution < 1.29 is 9.53 Å². The summed E-state index contributed by atoms with van der Waals surface area (Å²) in [5.41, 5.74) is 4.14. The van der Waals surface area contributed by atoms with Crippen LogP contribution in [0.25, 0.3) is 22.0 Å². The molecule has 0 bridgehead atoms. The zero-order valence-corrected chi connectivity index (χ0v) is 11.0. The molecule has 2 heterocycles. The first kappa shape index (κ1) is 12.4. The highest BCUT2D eigenvalue weighted by molar-refractivity contribution is 5.88. The van der Waals surface area contributed by atoms with Crippen LogP contribution >= 0.6 is 0 Å². The molecule has 1 unspecified atom stereocenters. The molecule has 0 saturated heterocycles. The molecular formula is C16H14N2O2. The molecule has 1 N–H and O–H groups in total. The van der Waals surface area contributed by atoms with Crippen molar-refractivity contribution in [3.8, 4) is 11.1 Å². The van der Waals surface area contributed by atoms with Crippen LogP contribution in [0.3, 0.4) is 0 Å². The zero-order valence-electron chi connectivity index (χ0n) is 11.0. The Kier molecular flexibility index (Phi) is 3.21. The van der Waals surface area contributed by atoms with Gasteiger partial charge in [0.2, 0.25) is 0 Å². The molecule has 3 rings (SSSR count). The molecule has 0 fully saturated rings. The summed E-state index contributed by atoms with van der Waals surface area (Å²) in [5.74, 6) is 0. The maximum absolute atomic E-state index is 10.5. The van der Waals surface area contributed by atoms with Crippen molar-refractivity contribution in [2.75, 3.05) is 0 Å². The normalized spacial score (nSPS) is 12.2. The van der Waals surface area contributed by atoms with Crippen molar-refractivity contribution in [3.05, 3.63) is 54.5 Å². The third kappa shape index (κ3) is 2.16. The molecule has 2 aromatic heterocycles.